The number of nitrogens with zero attached hydrogens (tertiary/aromatic N) is 17. The number of aromatic amines is 3. The molecular weight excluding hydrogens is 2090 g/mol. The number of hydrogen-bond acceptors (Lipinski definition) is 29. The predicted octanol–water partition coefficient (Wildman–Crippen LogP) is 15.6. The van der Waals surface area contributed by atoms with Crippen molar-refractivity contribution in [2.24, 2.45) is 5.73 Å². The standard InChI is InChI=1S/C22H22N6O2S.C21H18ClN5O2S.C15H16N6.C14H12ClN5.C9H11N.C7H7ClO2S.C5H2Cl2N4.CH3O.CH4.Na.5H2S/c1-14-7-10-16(11-8-14)31(29,30)28-13-24-19-20(26-22(23-2)27-21(19)28)25-18-12-9-15-5-3-4-6-17(15)18;1-13-6-9-15(10-7-13)30(28,29)27-12-23-18-19(25-21(22)26-20(18)27)24-17-11-8-14-4-2-3-5-16(14)17;1-16-15-20-13-12(17-8-18-13)14(21-15)19-11-7-6-9-4-2-3-5-10(9)11;15-14-19-12-11(16-7-17-12)13(20-14)18-10-6-5-8-3-1-2-4-9(8)10;10-9-6-5-7-3-1-2-4-8(7)9;1-6-2-4-7(5-3-6)11(8,9)10;6-3-2-4(9-1-8-2)11-5(7)10-3;1-2;;;;;;;/h3-8,10-11,13,18H,9,12H2,1-2H3,(H2,23,25,26,27);2-7,9-10,12,17H,8,11H2,1H3,(H,24,25,26);2-5,8,11H,6-7H2,1H3,(H3,16,17,18,19,20,21);1-4,7,10H,5-6H2,(H2,16,17,18,19,20);1-4,9H,5-6,10H2;2-5H,1H3;1H,(H,8,9,10,11);1H3;1H4;;5*1H2/q;;;;;;;-1;;+1;;;;;/t18-;17-;11-;10-;9-;;;;;;;;;;/m00000........../s1. The number of halogens is 5. The van der Waals surface area contributed by atoms with Gasteiger partial charge in [0.05, 0.1) is 57.8 Å². The summed E-state index contributed by atoms with van der Waals surface area (Å²) in [5.74, 6) is 3.33. The fourth-order valence-electron chi connectivity index (χ4n) is 16.6. The summed E-state index contributed by atoms with van der Waals surface area (Å²) in [6, 6.07) is 62.7. The quantitative estimate of drug-likeness (QED) is 0.0197. The van der Waals surface area contributed by atoms with Crippen LogP contribution in [0.15, 0.2) is 240 Å². The summed E-state index contributed by atoms with van der Waals surface area (Å²) in [6.07, 6.45) is 17.7. The van der Waals surface area contributed by atoms with Crippen LogP contribution in [0.3, 0.4) is 0 Å². The van der Waals surface area contributed by atoms with Crippen LogP contribution in [0.1, 0.15) is 142 Å². The Morgan fingerprint density at radius 3 is 1.06 bits per heavy atom. The average Bonchev–Trinajstić information content (AvgIpc) is 1.62. The van der Waals surface area contributed by atoms with Crippen LogP contribution in [0.2, 0.25) is 21.0 Å². The molecule has 18 aromatic rings. The summed E-state index contributed by atoms with van der Waals surface area (Å²) < 4.78 is 76.4. The van der Waals surface area contributed by atoms with Gasteiger partial charge in [0.25, 0.3) is 29.1 Å². The number of benzene rings is 8. The number of hydrogen-bond donors (Lipinski definition) is 10. The van der Waals surface area contributed by atoms with Crippen LogP contribution < -0.4 is 72.3 Å². The molecule has 5 aliphatic rings. The third kappa shape index (κ3) is 27.0. The maximum Gasteiger partial charge on any atom is 1.00 e. The molecule has 8 aromatic carbocycles. The minimum atomic E-state index is -3.87. The molecule has 0 saturated carbocycles. The Balaban J connectivity index is 0.000000190. The number of aromatic nitrogens is 20. The molecule has 0 radical (unpaired) electrons. The van der Waals surface area contributed by atoms with Gasteiger partial charge in [-0.1, -0.05) is 193 Å². The van der Waals surface area contributed by atoms with Gasteiger partial charge >= 0.3 is 29.6 Å². The van der Waals surface area contributed by atoms with Crippen LogP contribution in [0, 0.1) is 20.8 Å². The van der Waals surface area contributed by atoms with Crippen LogP contribution >= 0.6 is 125 Å². The fraction of sp³-hybridized carbons (Fsp3) is 0.232. The van der Waals surface area contributed by atoms with Gasteiger partial charge in [-0.25, -0.2) is 63.1 Å². The SMILES string of the molecule is C.CNc1nc(N[C@H]2CCc3ccccc32)c2[nH]cnc2n1.CNc1nc(N[C@H]2CCc3ccccc32)c2ncn(S(=O)(=O)c3ccc(C)cc3)c2n1.C[O-].Cc1ccc(S(=O)(=O)Cl)cc1.Cc1ccc(S(=O)(=O)n2cnc3c(N[C@H]4CCc5ccccc54)nc(Cl)nc32)cc1.Clc1nc(Cl)c2[nH]cnc2n1.Clc1nc(N[C@H]2CCc3ccccc32)c2[nH]cnc2n1.N[C@H]1CCc2ccccc21.S.S.S.S.S.[Na+]. The van der Waals surface area contributed by atoms with E-state index in [0.29, 0.717) is 68.9 Å². The molecule has 48 heteroatoms. The first-order chi connectivity index (χ1) is 65.7. The summed E-state index contributed by atoms with van der Waals surface area (Å²) in [6.45, 7) is 5.69. The topological polar surface area (TPSA) is 474 Å². The molecule has 5 atom stereocenters. The molecule has 0 amide bonds. The second kappa shape index (κ2) is 51.9. The van der Waals surface area contributed by atoms with Gasteiger partial charge in [0, 0.05) is 30.8 Å². The summed E-state index contributed by atoms with van der Waals surface area (Å²) in [4.78, 5) is 72.5. The van der Waals surface area contributed by atoms with Crippen molar-refractivity contribution in [1.82, 2.24) is 97.7 Å². The van der Waals surface area contributed by atoms with Crippen molar-refractivity contribution in [2.45, 2.75) is 137 Å². The van der Waals surface area contributed by atoms with Gasteiger partial charge in [0.1, 0.15) is 29.2 Å². The van der Waals surface area contributed by atoms with Gasteiger partial charge in [-0.2, -0.15) is 119 Å². The largest absolute Gasteiger partial charge is 1.00 e. The van der Waals surface area contributed by atoms with E-state index in [-0.39, 0.29) is 176 Å². The fourth-order valence-corrected chi connectivity index (χ4v) is 20.6. The first kappa shape index (κ1) is 116. The van der Waals surface area contributed by atoms with E-state index in [4.69, 9.17) is 67.9 Å². The normalized spacial score (nSPS) is 15.0. The third-order valence-corrected chi connectivity index (χ3v) is 28.8. The minimum absolute atomic E-state index is 0. The number of H-pyrrole nitrogens is 3. The van der Waals surface area contributed by atoms with E-state index in [1.807, 2.05) is 52.1 Å². The number of rotatable bonds is 15. The molecule has 0 bridgehead atoms. The smallest absolute Gasteiger partial charge is 0.857 e. The maximum atomic E-state index is 13.3. The second-order valence-corrected chi connectivity index (χ2v) is 39.5. The molecule has 0 unspecified atom stereocenters. The molecule has 143 heavy (non-hydrogen) atoms. The van der Waals surface area contributed by atoms with Crippen LogP contribution in [0.5, 0.6) is 0 Å². The molecule has 10 aromatic heterocycles. The third-order valence-electron chi connectivity index (χ3n) is 23.3. The van der Waals surface area contributed by atoms with Crippen molar-refractivity contribution < 1.29 is 59.9 Å². The first-order valence-electron chi connectivity index (χ1n) is 43.1. The molecular formula is C95H105Cl5N27NaO7S8. The van der Waals surface area contributed by atoms with E-state index < -0.39 is 29.1 Å². The van der Waals surface area contributed by atoms with Crippen molar-refractivity contribution >= 4 is 245 Å². The predicted molar refractivity (Wildman–Crippen MR) is 587 cm³/mol. The van der Waals surface area contributed by atoms with Crippen molar-refractivity contribution in [2.75, 3.05) is 53.1 Å². The van der Waals surface area contributed by atoms with Crippen molar-refractivity contribution in [3.8, 4) is 0 Å². The Morgan fingerprint density at radius 1 is 0.364 bits per heavy atom. The summed E-state index contributed by atoms with van der Waals surface area (Å²) in [5, 5.41) is 28.6. The van der Waals surface area contributed by atoms with E-state index in [1.165, 1.54) is 86.7 Å². The molecule has 5 aliphatic carbocycles. The number of imidazole rings is 5. The van der Waals surface area contributed by atoms with Gasteiger partial charge in [-0.15, -0.1) is 0 Å². The monoisotopic (exact) mass is 2190 g/mol. The van der Waals surface area contributed by atoms with E-state index in [2.05, 4.69) is 219 Å². The maximum absolute atomic E-state index is 13.3. The van der Waals surface area contributed by atoms with E-state index in [1.54, 1.807) is 80.4 Å². The molecule has 34 nitrogen and oxygen atoms in total. The minimum Gasteiger partial charge on any atom is -0.857 e. The molecule has 10 heterocycles. The van der Waals surface area contributed by atoms with Crippen LogP contribution in [0.4, 0.5) is 35.2 Å². The van der Waals surface area contributed by atoms with Crippen molar-refractivity contribution in [3.05, 3.63) is 319 Å². The average molecular weight is 2190 g/mol. The molecule has 11 N–H and O–H groups in total. The van der Waals surface area contributed by atoms with Crippen molar-refractivity contribution in [1.29, 1.82) is 0 Å². The van der Waals surface area contributed by atoms with Gasteiger partial charge in [0.2, 0.25) is 27.7 Å². The number of nitrogens with two attached hydrogens (primary N) is 1. The van der Waals surface area contributed by atoms with Gasteiger partial charge in [-0.3, -0.25) is 0 Å². The summed E-state index contributed by atoms with van der Waals surface area (Å²) in [7, 11) is -1.93. The van der Waals surface area contributed by atoms with Crippen molar-refractivity contribution in [3.63, 3.8) is 0 Å². The van der Waals surface area contributed by atoms with E-state index in [9.17, 15) is 25.3 Å². The van der Waals surface area contributed by atoms with Crippen LogP contribution in [-0.2, 0) is 61.2 Å². The van der Waals surface area contributed by atoms with Gasteiger partial charge in [0.15, 0.2) is 67.7 Å². The number of anilines is 6. The number of aryl methyl sites for hydroxylation is 8. The molecule has 0 saturated heterocycles. The Labute approximate surface area is 908 Å². The Hall–Kier alpha value is -10.7. The first-order valence-corrected chi connectivity index (χ1v) is 49.8. The molecule has 0 spiro atoms. The van der Waals surface area contributed by atoms with Crippen LogP contribution in [-0.4, -0.2) is 144 Å². The van der Waals surface area contributed by atoms with Gasteiger partial charge < -0.3 is 57.7 Å². The van der Waals surface area contributed by atoms with Gasteiger partial charge in [-0.05, 0) is 212 Å². The molecule has 0 aliphatic heterocycles. The molecule has 23 rings (SSSR count). The van der Waals surface area contributed by atoms with E-state index >= 15 is 0 Å². The Kier molecular flexibility index (Phi) is 42.0. The zero-order chi connectivity index (χ0) is 95.5. The second-order valence-electron chi connectivity index (χ2n) is 32.0. The Bertz CT molecular complexity index is 7740. The number of fused-ring (bicyclic) bond motifs is 10. The zero-order valence-electron chi connectivity index (χ0n) is 77.5. The van der Waals surface area contributed by atoms with E-state index in [0.717, 1.165) is 113 Å². The van der Waals surface area contributed by atoms with Crippen LogP contribution in [0.25, 0.3) is 55.8 Å². The summed E-state index contributed by atoms with van der Waals surface area (Å²) in [5.41, 5.74) is 27.3. The molecule has 746 valence electrons. The summed E-state index contributed by atoms with van der Waals surface area (Å²) >= 11 is 23.3. The number of nitrogens with one attached hydrogen (secondary N) is 9. The zero-order valence-corrected chi connectivity index (χ0v) is 90.7. The molecule has 0 fully saturated rings. The Morgan fingerprint density at radius 2 is 0.664 bits per heavy atom.